The fraction of sp³-hybridized carbons (Fsp3) is 0.556. The molecule has 0 aliphatic heterocycles. The van der Waals surface area contributed by atoms with Crippen LogP contribution >= 0.6 is 23.1 Å². The van der Waals surface area contributed by atoms with Crippen molar-refractivity contribution < 1.29 is 0 Å². The lowest BCUT2D eigenvalue weighted by atomic mass is 10.1. The Morgan fingerprint density at radius 2 is 2.50 bits per heavy atom. The number of hydrogen-bond donors (Lipinski definition) is 1. The Kier molecular flexibility index (Phi) is 4.73. The maximum Gasteiger partial charge on any atom is 0.00950 e. The van der Waals surface area contributed by atoms with E-state index in [1.807, 2.05) is 11.8 Å². The lowest BCUT2D eigenvalue weighted by Gasteiger charge is -2.08. The first-order valence-corrected chi connectivity index (χ1v) is 6.37. The van der Waals surface area contributed by atoms with E-state index in [0.29, 0.717) is 6.04 Å². The predicted octanol–water partition coefficient (Wildman–Crippen LogP) is 2.37. The normalized spacial score (nSPS) is 13.2. The van der Waals surface area contributed by atoms with Crippen molar-refractivity contribution in [1.82, 2.24) is 0 Å². The minimum atomic E-state index is 0.344. The van der Waals surface area contributed by atoms with Crippen molar-refractivity contribution in [2.45, 2.75) is 18.9 Å². The maximum absolute atomic E-state index is 5.94. The zero-order chi connectivity index (χ0) is 8.81. The van der Waals surface area contributed by atoms with Crippen LogP contribution in [0, 0.1) is 0 Å². The molecule has 1 heterocycles. The molecule has 0 radical (unpaired) electrons. The van der Waals surface area contributed by atoms with Crippen molar-refractivity contribution in [1.29, 1.82) is 0 Å². The van der Waals surface area contributed by atoms with Crippen molar-refractivity contribution >= 4 is 23.1 Å². The van der Waals surface area contributed by atoms with E-state index in [4.69, 9.17) is 5.73 Å². The van der Waals surface area contributed by atoms with E-state index in [-0.39, 0.29) is 0 Å². The van der Waals surface area contributed by atoms with Gasteiger partial charge < -0.3 is 5.73 Å². The van der Waals surface area contributed by atoms with Crippen LogP contribution in [0.3, 0.4) is 0 Å². The van der Waals surface area contributed by atoms with E-state index in [9.17, 15) is 0 Å². The van der Waals surface area contributed by atoms with Gasteiger partial charge in [-0.05, 0) is 36.3 Å². The topological polar surface area (TPSA) is 26.0 Å². The van der Waals surface area contributed by atoms with E-state index in [0.717, 1.165) is 12.8 Å². The van der Waals surface area contributed by atoms with E-state index in [1.54, 1.807) is 11.3 Å². The van der Waals surface area contributed by atoms with Gasteiger partial charge in [-0.15, -0.1) is 11.3 Å². The van der Waals surface area contributed by atoms with Crippen molar-refractivity contribution in [3.63, 3.8) is 0 Å². The molecule has 0 amide bonds. The van der Waals surface area contributed by atoms with Gasteiger partial charge in [0.25, 0.3) is 0 Å². The van der Waals surface area contributed by atoms with Gasteiger partial charge in [-0.2, -0.15) is 11.8 Å². The second-order valence-corrected chi connectivity index (χ2v) is 4.84. The molecule has 1 unspecified atom stereocenters. The molecule has 0 saturated heterocycles. The monoisotopic (exact) mass is 201 g/mol. The molecule has 1 rings (SSSR count). The van der Waals surface area contributed by atoms with Crippen LogP contribution in [0.4, 0.5) is 0 Å². The summed E-state index contributed by atoms with van der Waals surface area (Å²) in [5.41, 5.74) is 5.94. The first-order valence-electron chi connectivity index (χ1n) is 4.10. The van der Waals surface area contributed by atoms with E-state index < -0.39 is 0 Å². The number of rotatable bonds is 5. The average molecular weight is 201 g/mol. The molecule has 1 aromatic heterocycles. The second-order valence-electron chi connectivity index (χ2n) is 2.83. The molecule has 3 heteroatoms. The SMILES string of the molecule is CSCCC(N)Cc1cccs1. The van der Waals surface area contributed by atoms with E-state index in [1.165, 1.54) is 10.6 Å². The highest BCUT2D eigenvalue weighted by atomic mass is 32.2. The maximum atomic E-state index is 5.94. The molecule has 1 nitrogen and oxygen atoms in total. The van der Waals surface area contributed by atoms with Crippen LogP contribution in [0.25, 0.3) is 0 Å². The summed E-state index contributed by atoms with van der Waals surface area (Å²) in [7, 11) is 0. The summed E-state index contributed by atoms with van der Waals surface area (Å²) in [5.74, 6) is 1.17. The zero-order valence-electron chi connectivity index (χ0n) is 7.32. The van der Waals surface area contributed by atoms with Crippen LogP contribution in [-0.2, 0) is 6.42 Å². The Bertz CT molecular complexity index is 196. The number of thiophene rings is 1. The van der Waals surface area contributed by atoms with E-state index >= 15 is 0 Å². The average Bonchev–Trinajstić information content (AvgIpc) is 2.53. The minimum Gasteiger partial charge on any atom is -0.327 e. The fourth-order valence-corrected chi connectivity index (χ4v) is 2.40. The van der Waals surface area contributed by atoms with Gasteiger partial charge in [-0.1, -0.05) is 6.07 Å². The number of nitrogens with two attached hydrogens (primary N) is 1. The van der Waals surface area contributed by atoms with Crippen LogP contribution in [0.2, 0.25) is 0 Å². The molecule has 68 valence electrons. The Morgan fingerprint density at radius 1 is 1.67 bits per heavy atom. The molecule has 1 aromatic rings. The molecule has 1 atom stereocenters. The van der Waals surface area contributed by atoms with E-state index in [2.05, 4.69) is 23.8 Å². The van der Waals surface area contributed by atoms with Gasteiger partial charge >= 0.3 is 0 Å². The Labute approximate surface area is 82.4 Å². The van der Waals surface area contributed by atoms with Crippen LogP contribution in [0.1, 0.15) is 11.3 Å². The third-order valence-corrected chi connectivity index (χ3v) is 3.28. The second kappa shape index (κ2) is 5.62. The highest BCUT2D eigenvalue weighted by Crippen LogP contribution is 2.12. The molecule has 2 N–H and O–H groups in total. The molecule has 0 aliphatic rings. The van der Waals surface area contributed by atoms with Crippen molar-refractivity contribution in [3.8, 4) is 0 Å². The van der Waals surface area contributed by atoms with Gasteiger partial charge in [0.2, 0.25) is 0 Å². The van der Waals surface area contributed by atoms with Crippen molar-refractivity contribution in [2.75, 3.05) is 12.0 Å². The first kappa shape index (κ1) is 10.1. The van der Waals surface area contributed by atoms with Gasteiger partial charge in [0.1, 0.15) is 0 Å². The molecular formula is C9H15NS2. The quantitative estimate of drug-likeness (QED) is 0.791. The molecule has 0 aliphatic carbocycles. The molecule has 12 heavy (non-hydrogen) atoms. The molecule has 0 bridgehead atoms. The Morgan fingerprint density at radius 3 is 3.08 bits per heavy atom. The third-order valence-electron chi connectivity index (χ3n) is 1.74. The standard InChI is InChI=1S/C9H15NS2/c1-11-6-4-8(10)7-9-3-2-5-12-9/h2-3,5,8H,4,6-7,10H2,1H3. The van der Waals surface area contributed by atoms with Gasteiger partial charge in [0, 0.05) is 10.9 Å². The number of thioether (sulfide) groups is 1. The summed E-state index contributed by atoms with van der Waals surface area (Å²) >= 11 is 3.66. The molecule has 0 spiro atoms. The molecule has 0 aromatic carbocycles. The Balaban J connectivity index is 2.22. The predicted molar refractivity (Wildman–Crippen MR) is 59.0 cm³/mol. The molecule has 0 saturated carbocycles. The highest BCUT2D eigenvalue weighted by molar-refractivity contribution is 7.98. The van der Waals surface area contributed by atoms with Crippen LogP contribution < -0.4 is 5.73 Å². The summed E-state index contributed by atoms with van der Waals surface area (Å²) in [5, 5.41) is 2.11. The van der Waals surface area contributed by atoms with Gasteiger partial charge in [0.05, 0.1) is 0 Å². The summed E-state index contributed by atoms with van der Waals surface area (Å²) in [4.78, 5) is 1.41. The lowest BCUT2D eigenvalue weighted by molar-refractivity contribution is 0.657. The van der Waals surface area contributed by atoms with Crippen molar-refractivity contribution in [3.05, 3.63) is 22.4 Å². The Hall–Kier alpha value is 0.01000. The zero-order valence-corrected chi connectivity index (χ0v) is 8.96. The summed E-state index contributed by atoms with van der Waals surface area (Å²) in [6.07, 6.45) is 4.29. The third kappa shape index (κ3) is 3.61. The summed E-state index contributed by atoms with van der Waals surface area (Å²) in [6, 6.07) is 4.58. The minimum absolute atomic E-state index is 0.344. The fourth-order valence-electron chi connectivity index (χ4n) is 1.06. The van der Waals surface area contributed by atoms with Crippen LogP contribution in [0.15, 0.2) is 17.5 Å². The largest absolute Gasteiger partial charge is 0.327 e. The van der Waals surface area contributed by atoms with Gasteiger partial charge in [-0.3, -0.25) is 0 Å². The smallest absolute Gasteiger partial charge is 0.00950 e. The van der Waals surface area contributed by atoms with Gasteiger partial charge in [-0.25, -0.2) is 0 Å². The van der Waals surface area contributed by atoms with Crippen LogP contribution in [0.5, 0.6) is 0 Å². The molecular weight excluding hydrogens is 186 g/mol. The summed E-state index contributed by atoms with van der Waals surface area (Å²) in [6.45, 7) is 0. The number of hydrogen-bond acceptors (Lipinski definition) is 3. The first-order chi connectivity index (χ1) is 5.83. The van der Waals surface area contributed by atoms with Gasteiger partial charge in [0.15, 0.2) is 0 Å². The van der Waals surface area contributed by atoms with Crippen molar-refractivity contribution in [2.24, 2.45) is 5.73 Å². The highest BCUT2D eigenvalue weighted by Gasteiger charge is 2.03. The molecule has 0 fully saturated rings. The van der Waals surface area contributed by atoms with Crippen LogP contribution in [-0.4, -0.2) is 18.1 Å². The lowest BCUT2D eigenvalue weighted by Crippen LogP contribution is -2.22. The summed E-state index contributed by atoms with van der Waals surface area (Å²) < 4.78 is 0.